The molecule has 0 N–H and O–H groups in total. The van der Waals surface area contributed by atoms with Crippen molar-refractivity contribution in [3.63, 3.8) is 0 Å². The number of esters is 1. The number of hydrogen-bond donors (Lipinski definition) is 0. The Labute approximate surface area is 201 Å². The van der Waals surface area contributed by atoms with Crippen molar-refractivity contribution in [1.82, 2.24) is 4.57 Å². The molecule has 34 heavy (non-hydrogen) atoms. The molecule has 2 atom stereocenters. The van der Waals surface area contributed by atoms with Gasteiger partial charge in [0.25, 0.3) is 5.78 Å². The number of aromatic nitrogens is 1. The Hall–Kier alpha value is -3.38. The van der Waals surface area contributed by atoms with Gasteiger partial charge < -0.3 is 9.30 Å². The molecule has 2 heterocycles. The average Bonchev–Trinajstić information content (AvgIpc) is 3.18. The van der Waals surface area contributed by atoms with E-state index in [1.807, 2.05) is 0 Å². The Bertz CT molecular complexity index is 1370. The summed E-state index contributed by atoms with van der Waals surface area (Å²) in [5.41, 5.74) is -1.09. The third-order valence-corrected chi connectivity index (χ3v) is 6.71. The van der Waals surface area contributed by atoms with E-state index >= 15 is 0 Å². The monoisotopic (exact) mass is 531 g/mol. The Morgan fingerprint density at radius 3 is 2.47 bits per heavy atom. The first-order chi connectivity index (χ1) is 16.0. The van der Waals surface area contributed by atoms with Crippen LogP contribution in [0.3, 0.4) is 0 Å². The van der Waals surface area contributed by atoms with E-state index < -0.39 is 34.8 Å². The predicted octanol–water partition coefficient (Wildman–Crippen LogP) is 5.31. The third kappa shape index (κ3) is 3.72. The number of alkyl halides is 3. The summed E-state index contributed by atoms with van der Waals surface area (Å²) in [6.45, 7) is -0.243. The zero-order valence-electron chi connectivity index (χ0n) is 17.8. The molecule has 9 heteroatoms. The van der Waals surface area contributed by atoms with Crippen molar-refractivity contribution in [2.24, 2.45) is 5.41 Å². The summed E-state index contributed by atoms with van der Waals surface area (Å²) in [6.07, 6.45) is 1.63. The molecular weight excluding hydrogens is 515 g/mol. The number of Topliss-reactive ketones (excluding diaryl/α,β-unsaturated/α-hetero) is 2. The van der Waals surface area contributed by atoms with E-state index in [1.54, 1.807) is 30.3 Å². The Morgan fingerprint density at radius 2 is 1.88 bits per heavy atom. The molecule has 0 fully saturated rings. The number of halogens is 4. The van der Waals surface area contributed by atoms with E-state index in [-0.39, 0.29) is 24.1 Å². The Kier molecular flexibility index (Phi) is 5.90. The smallest absolute Gasteiger partial charge is 0.454 e. The molecule has 0 amide bonds. The van der Waals surface area contributed by atoms with Gasteiger partial charge in [-0.2, -0.15) is 13.2 Å². The summed E-state index contributed by atoms with van der Waals surface area (Å²) in [5.74, 6) is -1.50. The van der Waals surface area contributed by atoms with Gasteiger partial charge in [0.1, 0.15) is 0 Å². The minimum absolute atomic E-state index is 0.0800. The van der Waals surface area contributed by atoms with Crippen LogP contribution in [0.2, 0.25) is 0 Å². The van der Waals surface area contributed by atoms with Crippen molar-refractivity contribution in [3.05, 3.63) is 69.8 Å². The minimum Gasteiger partial charge on any atom is -0.468 e. The van der Waals surface area contributed by atoms with Gasteiger partial charge in [-0.1, -0.05) is 52.2 Å². The number of ether oxygens (including phenoxy) is 1. The molecule has 0 spiro atoms. The number of para-hydroxylation sites is 1. The van der Waals surface area contributed by atoms with Crippen molar-refractivity contribution >= 4 is 44.4 Å². The maximum Gasteiger partial charge on any atom is 0.454 e. The molecule has 2 unspecified atom stereocenters. The number of nitrogens with zero attached hydrogens (tertiary/aromatic N) is 1. The lowest BCUT2D eigenvalue weighted by atomic mass is 9.67. The molecule has 2 aromatic carbocycles. The Morgan fingerprint density at radius 1 is 1.21 bits per heavy atom. The van der Waals surface area contributed by atoms with Crippen LogP contribution in [0.25, 0.3) is 10.9 Å². The second kappa shape index (κ2) is 8.44. The molecule has 0 saturated heterocycles. The third-order valence-electron chi connectivity index (χ3n) is 6.18. The standard InChI is InChI=1S/C25H17BrF3NO4/c1-3-24(23(33)34-2)13-30-12-18(22(32)25(27,28)29)16-5-4-6-17(21(16)30)19(24)11-20(31)14-7-9-15(26)10-8-14/h1,4-10,12,19H,11,13H2,2H3. The van der Waals surface area contributed by atoms with Gasteiger partial charge in [0.2, 0.25) is 0 Å². The van der Waals surface area contributed by atoms with Gasteiger partial charge >= 0.3 is 12.1 Å². The lowest BCUT2D eigenvalue weighted by molar-refractivity contribution is -0.151. The normalized spacial score (nSPS) is 19.5. The second-order valence-electron chi connectivity index (χ2n) is 8.04. The summed E-state index contributed by atoms with van der Waals surface area (Å²) in [4.78, 5) is 38.3. The zero-order valence-corrected chi connectivity index (χ0v) is 19.4. The number of methoxy groups -OCH3 is 1. The van der Waals surface area contributed by atoms with E-state index in [9.17, 15) is 27.6 Å². The van der Waals surface area contributed by atoms with Crippen LogP contribution in [0.1, 0.15) is 38.6 Å². The molecule has 4 rings (SSSR count). The van der Waals surface area contributed by atoms with E-state index in [0.717, 1.165) is 17.8 Å². The van der Waals surface area contributed by atoms with Crippen LogP contribution in [-0.4, -0.2) is 35.4 Å². The molecule has 0 saturated carbocycles. The minimum atomic E-state index is -5.08. The molecule has 1 aromatic heterocycles. The van der Waals surface area contributed by atoms with Gasteiger partial charge in [-0.15, -0.1) is 6.42 Å². The Balaban J connectivity index is 1.91. The largest absolute Gasteiger partial charge is 0.468 e. The number of carbonyl (C=O) groups is 3. The highest BCUT2D eigenvalue weighted by Crippen LogP contribution is 2.49. The van der Waals surface area contributed by atoms with Gasteiger partial charge in [-0.3, -0.25) is 14.4 Å². The predicted molar refractivity (Wildman–Crippen MR) is 121 cm³/mol. The lowest BCUT2D eigenvalue weighted by Crippen LogP contribution is -2.44. The van der Waals surface area contributed by atoms with Crippen molar-refractivity contribution in [1.29, 1.82) is 0 Å². The van der Waals surface area contributed by atoms with Crippen LogP contribution in [0.15, 0.2) is 53.1 Å². The SMILES string of the molecule is C#CC1(C(=O)OC)Cn2cc(C(=O)C(F)(F)F)c3cccc(c32)C1CC(=O)c1ccc(Br)cc1. The zero-order chi connectivity index (χ0) is 24.8. The van der Waals surface area contributed by atoms with E-state index in [1.165, 1.54) is 16.7 Å². The highest BCUT2D eigenvalue weighted by atomic mass is 79.9. The molecule has 3 aromatic rings. The van der Waals surface area contributed by atoms with Gasteiger partial charge in [0.05, 0.1) is 24.7 Å². The van der Waals surface area contributed by atoms with Crippen LogP contribution in [0, 0.1) is 17.8 Å². The van der Waals surface area contributed by atoms with E-state index in [4.69, 9.17) is 11.2 Å². The number of terminal acetylenes is 1. The number of rotatable bonds is 5. The van der Waals surface area contributed by atoms with Crippen LogP contribution in [0.4, 0.5) is 13.2 Å². The highest BCUT2D eigenvalue weighted by molar-refractivity contribution is 9.10. The molecule has 1 aliphatic rings. The summed E-state index contributed by atoms with van der Waals surface area (Å²) < 4.78 is 46.9. The van der Waals surface area contributed by atoms with Crippen molar-refractivity contribution in [2.75, 3.05) is 7.11 Å². The number of ketones is 2. The quantitative estimate of drug-likeness (QED) is 0.254. The number of carbonyl (C=O) groups excluding carboxylic acids is 3. The fourth-order valence-electron chi connectivity index (χ4n) is 4.59. The van der Waals surface area contributed by atoms with Crippen LogP contribution >= 0.6 is 15.9 Å². The van der Waals surface area contributed by atoms with E-state index in [0.29, 0.717) is 16.6 Å². The summed E-state index contributed by atoms with van der Waals surface area (Å²) >= 11 is 3.31. The van der Waals surface area contributed by atoms with Crippen molar-refractivity contribution in [2.45, 2.75) is 25.1 Å². The second-order valence-corrected chi connectivity index (χ2v) is 8.95. The molecule has 5 nitrogen and oxygen atoms in total. The van der Waals surface area contributed by atoms with Crippen molar-refractivity contribution < 1.29 is 32.3 Å². The van der Waals surface area contributed by atoms with Gasteiger partial charge in [-0.05, 0) is 17.7 Å². The fourth-order valence-corrected chi connectivity index (χ4v) is 4.85. The first-order valence-electron chi connectivity index (χ1n) is 10.1. The van der Waals surface area contributed by atoms with Gasteiger partial charge in [0, 0.05) is 34.0 Å². The molecule has 0 radical (unpaired) electrons. The van der Waals surface area contributed by atoms with Crippen molar-refractivity contribution in [3.8, 4) is 12.3 Å². The maximum absolute atomic E-state index is 13.2. The lowest BCUT2D eigenvalue weighted by Gasteiger charge is -2.38. The fraction of sp³-hybridized carbons (Fsp3) is 0.240. The molecule has 174 valence electrons. The molecule has 1 aliphatic heterocycles. The maximum atomic E-state index is 13.2. The van der Waals surface area contributed by atoms with Crippen LogP contribution in [0.5, 0.6) is 0 Å². The highest BCUT2D eigenvalue weighted by Gasteiger charge is 2.51. The van der Waals surface area contributed by atoms with Gasteiger partial charge in [-0.25, -0.2) is 0 Å². The summed E-state index contributed by atoms with van der Waals surface area (Å²) in [5, 5.41) is 0.0800. The van der Waals surface area contributed by atoms with Gasteiger partial charge in [0.15, 0.2) is 11.2 Å². The van der Waals surface area contributed by atoms with Crippen LogP contribution < -0.4 is 0 Å². The summed E-state index contributed by atoms with van der Waals surface area (Å²) in [7, 11) is 1.15. The van der Waals surface area contributed by atoms with E-state index in [2.05, 4.69) is 21.9 Å². The van der Waals surface area contributed by atoms with Crippen LogP contribution in [-0.2, 0) is 16.1 Å². The first-order valence-corrected chi connectivity index (χ1v) is 10.9. The molecule has 0 bridgehead atoms. The average molecular weight is 532 g/mol. The molecular formula is C25H17BrF3NO4. The number of hydrogen-bond acceptors (Lipinski definition) is 4. The molecule has 0 aliphatic carbocycles. The number of benzene rings is 2. The summed E-state index contributed by atoms with van der Waals surface area (Å²) in [6, 6.07) is 11.1. The topological polar surface area (TPSA) is 65.4 Å². The first kappa shape index (κ1) is 23.8.